The van der Waals surface area contributed by atoms with Crippen molar-refractivity contribution in [1.82, 2.24) is 10.3 Å². The monoisotopic (exact) mass is 488 g/mol. The first-order valence-electron chi connectivity index (χ1n) is 10.2. The zero-order valence-electron chi connectivity index (χ0n) is 18.6. The first-order valence-corrected chi connectivity index (χ1v) is 11.8. The zero-order valence-corrected chi connectivity index (χ0v) is 20.2. The third-order valence-corrected chi connectivity index (χ3v) is 6.10. The van der Waals surface area contributed by atoms with Gasteiger partial charge in [-0.15, -0.1) is 11.8 Å². The molecule has 174 valence electrons. The van der Waals surface area contributed by atoms with E-state index in [0.717, 1.165) is 26.9 Å². The second-order valence-electron chi connectivity index (χ2n) is 7.13. The molecule has 0 amide bonds. The molecule has 1 unspecified atom stereocenters. The van der Waals surface area contributed by atoms with Crippen LogP contribution >= 0.6 is 23.4 Å². The van der Waals surface area contributed by atoms with Crippen LogP contribution in [-0.4, -0.2) is 43.4 Å². The largest absolute Gasteiger partial charge is 0.472 e. The number of carbonyl (C=O) groups is 2. The predicted octanol–water partition coefficient (Wildman–Crippen LogP) is 4.38. The van der Waals surface area contributed by atoms with Crippen molar-refractivity contribution < 1.29 is 23.8 Å². The number of carbonyl (C=O) groups excluding carboxylic acids is 2. The van der Waals surface area contributed by atoms with Gasteiger partial charge in [-0.3, -0.25) is 14.9 Å². The fourth-order valence-corrected chi connectivity index (χ4v) is 3.80. The van der Waals surface area contributed by atoms with Gasteiger partial charge >= 0.3 is 11.9 Å². The molecule has 1 heterocycles. The Hall–Kier alpha value is -2.81. The second-order valence-corrected chi connectivity index (χ2v) is 8.42. The molecule has 1 atom stereocenters. The van der Waals surface area contributed by atoms with Crippen molar-refractivity contribution in [3.05, 3.63) is 64.7 Å². The van der Waals surface area contributed by atoms with E-state index in [1.807, 2.05) is 48.7 Å². The van der Waals surface area contributed by atoms with Gasteiger partial charge in [0.25, 0.3) is 0 Å². The van der Waals surface area contributed by atoms with Crippen LogP contribution in [0.3, 0.4) is 0 Å². The van der Waals surface area contributed by atoms with Crippen LogP contribution in [0, 0.1) is 0 Å². The predicted molar refractivity (Wildman–Crippen MR) is 129 cm³/mol. The standard InChI is InChI=1S/C24H25ClN2O5S/c1-30-22(28)12-21(24(29)31-2)26-13-17-10-15-8-9-18(33-3)11-20(15)27-23(17)32-14-16-6-4-5-7-19(16)25/h4-11,21,26H,12-14H2,1-3H3. The van der Waals surface area contributed by atoms with Gasteiger partial charge in [0, 0.05) is 33.0 Å². The number of methoxy groups -OCH3 is 2. The fraction of sp³-hybridized carbons (Fsp3) is 0.292. The Labute approximate surface area is 201 Å². The highest BCUT2D eigenvalue weighted by Gasteiger charge is 2.23. The summed E-state index contributed by atoms with van der Waals surface area (Å²) in [7, 11) is 2.54. The normalized spacial score (nSPS) is 11.8. The number of rotatable bonds is 10. The summed E-state index contributed by atoms with van der Waals surface area (Å²) in [5.74, 6) is -0.665. The molecule has 33 heavy (non-hydrogen) atoms. The highest BCUT2D eigenvalue weighted by atomic mass is 35.5. The van der Waals surface area contributed by atoms with E-state index in [2.05, 4.69) is 5.32 Å². The molecule has 0 aliphatic rings. The Morgan fingerprint density at radius 1 is 1.09 bits per heavy atom. The van der Waals surface area contributed by atoms with E-state index >= 15 is 0 Å². The summed E-state index contributed by atoms with van der Waals surface area (Å²) in [6.45, 7) is 0.456. The van der Waals surface area contributed by atoms with Gasteiger partial charge in [-0.05, 0) is 30.5 Å². The molecule has 0 saturated heterocycles. The van der Waals surface area contributed by atoms with Crippen LogP contribution in [0.15, 0.2) is 53.4 Å². The lowest BCUT2D eigenvalue weighted by atomic mass is 10.1. The molecule has 0 fully saturated rings. The summed E-state index contributed by atoms with van der Waals surface area (Å²) in [5, 5.41) is 4.59. The Kier molecular flexibility index (Phi) is 8.94. The molecule has 0 aliphatic carbocycles. The number of ether oxygens (including phenoxy) is 3. The van der Waals surface area contributed by atoms with Crippen molar-refractivity contribution in [2.75, 3.05) is 20.5 Å². The number of nitrogens with one attached hydrogen (secondary N) is 1. The molecule has 3 rings (SSSR count). The van der Waals surface area contributed by atoms with Crippen molar-refractivity contribution in [2.45, 2.75) is 30.5 Å². The van der Waals surface area contributed by atoms with Gasteiger partial charge < -0.3 is 14.2 Å². The van der Waals surface area contributed by atoms with Crippen molar-refractivity contribution >= 4 is 46.2 Å². The van der Waals surface area contributed by atoms with Crippen LogP contribution in [-0.2, 0) is 32.2 Å². The maximum absolute atomic E-state index is 12.1. The molecule has 0 aliphatic heterocycles. The molecule has 0 bridgehead atoms. The van der Waals surface area contributed by atoms with Crippen molar-refractivity contribution in [3.63, 3.8) is 0 Å². The Balaban J connectivity index is 1.90. The number of hydrogen-bond acceptors (Lipinski definition) is 8. The maximum Gasteiger partial charge on any atom is 0.323 e. The Morgan fingerprint density at radius 3 is 2.58 bits per heavy atom. The first kappa shape index (κ1) is 24.8. The first-order chi connectivity index (χ1) is 15.9. The summed E-state index contributed by atoms with van der Waals surface area (Å²) in [6, 6.07) is 14.5. The van der Waals surface area contributed by atoms with E-state index in [0.29, 0.717) is 10.9 Å². The lowest BCUT2D eigenvalue weighted by molar-refractivity contribution is -0.149. The van der Waals surface area contributed by atoms with Gasteiger partial charge in [0.1, 0.15) is 12.6 Å². The molecule has 1 aromatic heterocycles. The van der Waals surface area contributed by atoms with Crippen LogP contribution in [0.5, 0.6) is 5.88 Å². The van der Waals surface area contributed by atoms with Gasteiger partial charge in [-0.2, -0.15) is 0 Å². The third-order valence-electron chi connectivity index (χ3n) is 5.01. The van der Waals surface area contributed by atoms with Crippen LogP contribution in [0.4, 0.5) is 0 Å². The van der Waals surface area contributed by atoms with Gasteiger partial charge in [0.2, 0.25) is 5.88 Å². The third kappa shape index (κ3) is 6.60. The number of nitrogens with zero attached hydrogens (tertiary/aromatic N) is 1. The molecule has 1 N–H and O–H groups in total. The molecule has 0 radical (unpaired) electrons. The topological polar surface area (TPSA) is 86.8 Å². The quantitative estimate of drug-likeness (QED) is 0.332. The van der Waals surface area contributed by atoms with E-state index < -0.39 is 18.0 Å². The van der Waals surface area contributed by atoms with Gasteiger partial charge in [0.15, 0.2) is 0 Å². The Morgan fingerprint density at radius 2 is 1.88 bits per heavy atom. The van der Waals surface area contributed by atoms with E-state index in [1.165, 1.54) is 14.2 Å². The second kappa shape index (κ2) is 11.9. The molecular weight excluding hydrogens is 464 g/mol. The van der Waals surface area contributed by atoms with Crippen molar-refractivity contribution in [1.29, 1.82) is 0 Å². The van der Waals surface area contributed by atoms with Gasteiger partial charge in [-0.25, -0.2) is 4.98 Å². The number of halogens is 1. The van der Waals surface area contributed by atoms with Gasteiger partial charge in [-0.1, -0.05) is 35.9 Å². The SMILES string of the molecule is COC(=O)CC(NCc1cc2ccc(SC)cc2nc1OCc1ccccc1Cl)C(=O)OC. The van der Waals surface area contributed by atoms with Crippen LogP contribution in [0.25, 0.3) is 10.9 Å². The number of aromatic nitrogens is 1. The maximum atomic E-state index is 12.1. The Bertz CT molecular complexity index is 1140. The minimum atomic E-state index is -0.867. The minimum Gasteiger partial charge on any atom is -0.472 e. The number of thioether (sulfide) groups is 1. The highest BCUT2D eigenvalue weighted by Crippen LogP contribution is 2.27. The van der Waals surface area contributed by atoms with Crippen molar-refractivity contribution in [2.24, 2.45) is 0 Å². The number of benzene rings is 2. The molecule has 3 aromatic rings. The molecule has 7 nitrogen and oxygen atoms in total. The average molecular weight is 489 g/mol. The van der Waals surface area contributed by atoms with E-state index in [1.54, 1.807) is 17.8 Å². The van der Waals surface area contributed by atoms with E-state index in [4.69, 9.17) is 30.8 Å². The van der Waals surface area contributed by atoms with Crippen LogP contribution in [0.1, 0.15) is 17.5 Å². The summed E-state index contributed by atoms with van der Waals surface area (Å²) in [5.41, 5.74) is 2.35. The van der Waals surface area contributed by atoms with Crippen molar-refractivity contribution in [3.8, 4) is 5.88 Å². The number of esters is 2. The van der Waals surface area contributed by atoms with Gasteiger partial charge in [0.05, 0.1) is 26.2 Å². The number of hydrogen-bond donors (Lipinski definition) is 1. The molecular formula is C24H25ClN2O5S. The number of pyridine rings is 1. The summed E-state index contributed by atoms with van der Waals surface area (Å²) < 4.78 is 15.6. The highest BCUT2D eigenvalue weighted by molar-refractivity contribution is 7.98. The molecule has 2 aromatic carbocycles. The fourth-order valence-electron chi connectivity index (χ4n) is 3.18. The lowest BCUT2D eigenvalue weighted by Crippen LogP contribution is -2.39. The van der Waals surface area contributed by atoms with Crippen LogP contribution < -0.4 is 10.1 Å². The zero-order chi connectivity index (χ0) is 23.8. The lowest BCUT2D eigenvalue weighted by Gasteiger charge is -2.17. The molecule has 9 heteroatoms. The summed E-state index contributed by atoms with van der Waals surface area (Å²) in [4.78, 5) is 29.7. The molecule has 0 saturated carbocycles. The minimum absolute atomic E-state index is 0.156. The molecule has 0 spiro atoms. The average Bonchev–Trinajstić information content (AvgIpc) is 2.84. The smallest absolute Gasteiger partial charge is 0.323 e. The number of fused-ring (bicyclic) bond motifs is 1. The summed E-state index contributed by atoms with van der Waals surface area (Å²) >= 11 is 7.90. The van der Waals surface area contributed by atoms with Crippen LogP contribution in [0.2, 0.25) is 5.02 Å². The summed E-state index contributed by atoms with van der Waals surface area (Å²) in [6.07, 6.45) is 1.85. The van der Waals surface area contributed by atoms with E-state index in [9.17, 15) is 9.59 Å². The van der Waals surface area contributed by atoms with E-state index in [-0.39, 0.29) is 19.6 Å².